The summed E-state index contributed by atoms with van der Waals surface area (Å²) < 4.78 is 27.3. The van der Waals surface area contributed by atoms with Gasteiger partial charge in [0, 0.05) is 13.1 Å². The topological polar surface area (TPSA) is 107 Å². The van der Waals surface area contributed by atoms with Gasteiger partial charge in [0.1, 0.15) is 18.2 Å². The van der Waals surface area contributed by atoms with Crippen LogP contribution in [0.15, 0.2) is 48.0 Å². The first-order chi connectivity index (χ1) is 16.1. The van der Waals surface area contributed by atoms with E-state index in [1.165, 1.54) is 19.3 Å². The molecule has 9 nitrogen and oxygen atoms in total. The largest absolute Gasteiger partial charge is 0.493 e. The van der Waals surface area contributed by atoms with E-state index >= 15 is 0 Å². The summed E-state index contributed by atoms with van der Waals surface area (Å²) in [5, 5.41) is 9.48. The Kier molecular flexibility index (Phi) is 6.76. The number of rotatable bonds is 5. The fourth-order valence-electron chi connectivity index (χ4n) is 3.41. The maximum atomic E-state index is 12.6. The molecule has 4 rings (SSSR count). The van der Waals surface area contributed by atoms with Crippen LogP contribution in [0.25, 0.3) is 6.08 Å². The van der Waals surface area contributed by atoms with E-state index in [-0.39, 0.29) is 29.6 Å². The summed E-state index contributed by atoms with van der Waals surface area (Å²) in [7, 11) is 1.43. The van der Waals surface area contributed by atoms with Gasteiger partial charge in [0.25, 0.3) is 5.91 Å². The molecule has 0 aliphatic carbocycles. The first-order valence-corrected chi connectivity index (χ1v) is 10.4. The Balaban J connectivity index is 1.47. The van der Waals surface area contributed by atoms with E-state index in [4.69, 9.17) is 23.7 Å². The van der Waals surface area contributed by atoms with E-state index in [1.807, 2.05) is 12.1 Å². The van der Waals surface area contributed by atoms with Crippen LogP contribution in [0.1, 0.15) is 5.56 Å². The molecule has 1 unspecified atom stereocenters. The Labute approximate surface area is 190 Å². The van der Waals surface area contributed by atoms with Gasteiger partial charge in [-0.2, -0.15) is 5.26 Å². The molecule has 2 aromatic carbocycles. The van der Waals surface area contributed by atoms with Gasteiger partial charge in [-0.15, -0.1) is 0 Å². The highest BCUT2D eigenvalue weighted by molar-refractivity contribution is 6.01. The Morgan fingerprint density at radius 3 is 2.61 bits per heavy atom. The molecular formula is C24H22N2O7. The van der Waals surface area contributed by atoms with Crippen LogP contribution >= 0.6 is 0 Å². The van der Waals surface area contributed by atoms with Crippen molar-refractivity contribution >= 4 is 18.0 Å². The fourth-order valence-corrected chi connectivity index (χ4v) is 3.41. The van der Waals surface area contributed by atoms with Crippen LogP contribution in [0.3, 0.4) is 0 Å². The lowest BCUT2D eigenvalue weighted by atomic mass is 10.1. The molecule has 2 heterocycles. The van der Waals surface area contributed by atoms with Crippen molar-refractivity contribution in [2.45, 2.75) is 6.10 Å². The SMILES string of the molecule is COc1cc(/C=C(\C#N)C(=O)N2CCOCC2)ccc1OC(=O)C1COc2ccccc2O1. The molecule has 33 heavy (non-hydrogen) atoms. The number of amides is 1. The van der Waals surface area contributed by atoms with Gasteiger partial charge in [-0.05, 0) is 35.9 Å². The lowest BCUT2D eigenvalue weighted by Gasteiger charge is -2.26. The summed E-state index contributed by atoms with van der Waals surface area (Å²) in [4.78, 5) is 26.8. The van der Waals surface area contributed by atoms with Gasteiger partial charge >= 0.3 is 5.97 Å². The maximum Gasteiger partial charge on any atom is 0.356 e. The standard InChI is InChI=1S/C24H22N2O7/c1-29-21-13-16(12-17(14-25)23(27)26-8-10-30-11-9-26)6-7-20(21)33-24(28)22-15-31-18-4-2-3-5-19(18)32-22/h2-7,12-13,22H,8-11,15H2,1H3/b17-12+. The number of methoxy groups -OCH3 is 1. The van der Waals surface area contributed by atoms with Crippen molar-refractivity contribution in [1.29, 1.82) is 5.26 Å². The molecule has 2 aromatic rings. The number of carbonyl (C=O) groups is 2. The molecule has 1 amide bonds. The number of hydrogen-bond acceptors (Lipinski definition) is 8. The lowest BCUT2D eigenvalue weighted by Crippen LogP contribution is -2.41. The molecular weight excluding hydrogens is 428 g/mol. The van der Waals surface area contributed by atoms with Crippen LogP contribution in [0.5, 0.6) is 23.0 Å². The zero-order valence-corrected chi connectivity index (χ0v) is 18.0. The zero-order valence-electron chi connectivity index (χ0n) is 18.0. The minimum absolute atomic E-state index is 0.00452. The number of carbonyl (C=O) groups excluding carboxylic acids is 2. The van der Waals surface area contributed by atoms with Gasteiger partial charge in [0.15, 0.2) is 23.0 Å². The molecule has 0 N–H and O–H groups in total. The lowest BCUT2D eigenvalue weighted by molar-refractivity contribution is -0.144. The summed E-state index contributed by atoms with van der Waals surface area (Å²) >= 11 is 0. The molecule has 2 aliphatic heterocycles. The molecule has 0 bridgehead atoms. The van der Waals surface area contributed by atoms with Crippen LogP contribution in [0.2, 0.25) is 0 Å². The molecule has 1 atom stereocenters. The van der Waals surface area contributed by atoms with Gasteiger partial charge < -0.3 is 28.6 Å². The van der Waals surface area contributed by atoms with Crippen LogP contribution < -0.4 is 18.9 Å². The van der Waals surface area contributed by atoms with E-state index < -0.39 is 12.1 Å². The van der Waals surface area contributed by atoms with E-state index in [1.54, 1.807) is 35.2 Å². The predicted octanol–water partition coefficient (Wildman–Crippen LogP) is 2.21. The van der Waals surface area contributed by atoms with Gasteiger partial charge in [0.05, 0.1) is 20.3 Å². The third-order valence-electron chi connectivity index (χ3n) is 5.13. The van der Waals surface area contributed by atoms with Gasteiger partial charge in [0.2, 0.25) is 6.10 Å². The number of fused-ring (bicyclic) bond motifs is 1. The summed E-state index contributed by atoms with van der Waals surface area (Å²) in [6, 6.07) is 13.8. The van der Waals surface area contributed by atoms with E-state index in [0.29, 0.717) is 43.4 Å². The Morgan fingerprint density at radius 2 is 1.88 bits per heavy atom. The van der Waals surface area contributed by atoms with Crippen LogP contribution in [-0.2, 0) is 14.3 Å². The third-order valence-corrected chi connectivity index (χ3v) is 5.13. The smallest absolute Gasteiger partial charge is 0.356 e. The van der Waals surface area contributed by atoms with Gasteiger partial charge in [-0.1, -0.05) is 18.2 Å². The van der Waals surface area contributed by atoms with E-state index in [9.17, 15) is 14.9 Å². The summed E-state index contributed by atoms with van der Waals surface area (Å²) in [6.45, 7) is 1.79. The number of nitrogens with zero attached hydrogens (tertiary/aromatic N) is 2. The molecule has 0 radical (unpaired) electrons. The summed E-state index contributed by atoms with van der Waals surface area (Å²) in [5.74, 6) is 0.490. The Bertz CT molecular complexity index is 1120. The van der Waals surface area contributed by atoms with Crippen molar-refractivity contribution in [1.82, 2.24) is 4.90 Å². The number of morpholine rings is 1. The summed E-state index contributed by atoms with van der Waals surface area (Å²) in [5.41, 5.74) is 0.547. The molecule has 0 aromatic heterocycles. The molecule has 0 spiro atoms. The molecule has 1 saturated heterocycles. The molecule has 9 heteroatoms. The highest BCUT2D eigenvalue weighted by atomic mass is 16.6. The van der Waals surface area contributed by atoms with Crippen molar-refractivity contribution in [3.63, 3.8) is 0 Å². The number of ether oxygens (including phenoxy) is 5. The average molecular weight is 450 g/mol. The van der Waals surface area contributed by atoms with Gasteiger partial charge in [-0.3, -0.25) is 4.79 Å². The van der Waals surface area contributed by atoms with Crippen LogP contribution in [0, 0.1) is 11.3 Å². The Hall–Kier alpha value is -4.03. The van der Waals surface area contributed by atoms with Crippen molar-refractivity contribution in [3.8, 4) is 29.1 Å². The molecule has 0 saturated carbocycles. The minimum Gasteiger partial charge on any atom is -0.493 e. The average Bonchev–Trinajstić information content (AvgIpc) is 2.87. The van der Waals surface area contributed by atoms with Crippen molar-refractivity contribution < 1.29 is 33.3 Å². The number of benzene rings is 2. The van der Waals surface area contributed by atoms with Crippen molar-refractivity contribution in [3.05, 3.63) is 53.6 Å². The second-order valence-electron chi connectivity index (χ2n) is 7.27. The van der Waals surface area contributed by atoms with Crippen molar-refractivity contribution in [2.75, 3.05) is 40.0 Å². The Morgan fingerprint density at radius 1 is 1.12 bits per heavy atom. The quantitative estimate of drug-likeness (QED) is 0.295. The predicted molar refractivity (Wildman–Crippen MR) is 116 cm³/mol. The number of nitriles is 1. The monoisotopic (exact) mass is 450 g/mol. The second-order valence-corrected chi connectivity index (χ2v) is 7.27. The first-order valence-electron chi connectivity index (χ1n) is 10.4. The van der Waals surface area contributed by atoms with Crippen LogP contribution in [0.4, 0.5) is 0 Å². The zero-order chi connectivity index (χ0) is 23.2. The summed E-state index contributed by atoms with van der Waals surface area (Å²) in [6.07, 6.45) is 0.543. The normalized spacial score (nSPS) is 17.6. The second kappa shape index (κ2) is 10.1. The van der Waals surface area contributed by atoms with Crippen molar-refractivity contribution in [2.24, 2.45) is 0 Å². The third kappa shape index (κ3) is 5.07. The van der Waals surface area contributed by atoms with E-state index in [0.717, 1.165) is 0 Å². The number of para-hydroxylation sites is 2. The number of esters is 1. The minimum atomic E-state index is -0.930. The fraction of sp³-hybridized carbons (Fsp3) is 0.292. The van der Waals surface area contributed by atoms with Crippen LogP contribution in [-0.4, -0.2) is 62.9 Å². The molecule has 170 valence electrons. The molecule has 1 fully saturated rings. The van der Waals surface area contributed by atoms with Gasteiger partial charge in [-0.25, -0.2) is 4.79 Å². The van der Waals surface area contributed by atoms with E-state index in [2.05, 4.69) is 0 Å². The highest BCUT2D eigenvalue weighted by Gasteiger charge is 2.30. The first kappa shape index (κ1) is 22.2. The number of hydrogen-bond donors (Lipinski definition) is 0. The maximum absolute atomic E-state index is 12.6. The molecule has 2 aliphatic rings. The highest BCUT2D eigenvalue weighted by Crippen LogP contribution is 2.33.